The van der Waals surface area contributed by atoms with E-state index in [4.69, 9.17) is 8.22 Å². The average molecular weight is 387 g/mol. The Bertz CT molecular complexity index is 1360. The van der Waals surface area contributed by atoms with Crippen LogP contribution >= 0.6 is 0 Å². The summed E-state index contributed by atoms with van der Waals surface area (Å²) in [5.74, 6) is -1.58. The number of rotatable bonds is 0. The highest BCUT2D eigenvalue weighted by molar-refractivity contribution is 5.99. The molecule has 5 heterocycles. The molecule has 0 aliphatic carbocycles. The third-order valence-corrected chi connectivity index (χ3v) is 4.64. The third kappa shape index (κ3) is 2.80. The maximum Gasteiger partial charge on any atom is 0.256 e. The highest BCUT2D eigenvalue weighted by Crippen LogP contribution is 2.37. The summed E-state index contributed by atoms with van der Waals surface area (Å²) < 4.78 is 77.1. The van der Waals surface area contributed by atoms with E-state index in [2.05, 4.69) is 20.4 Å². The number of hydrogen-bond acceptors (Lipinski definition) is 5. The van der Waals surface area contributed by atoms with Crippen molar-refractivity contribution in [1.82, 2.24) is 24.9 Å². The Balaban J connectivity index is 1.89. The van der Waals surface area contributed by atoms with E-state index in [1.807, 2.05) is 0 Å². The molecule has 1 saturated heterocycles. The Kier molecular flexibility index (Phi) is 2.59. The lowest BCUT2D eigenvalue weighted by atomic mass is 9.98. The van der Waals surface area contributed by atoms with Gasteiger partial charge < -0.3 is 10.2 Å². The van der Waals surface area contributed by atoms with Gasteiger partial charge in [0.1, 0.15) is 17.2 Å². The van der Waals surface area contributed by atoms with Crippen LogP contribution < -0.4 is 10.2 Å². The van der Waals surface area contributed by atoms with Gasteiger partial charge in [-0.25, -0.2) is 13.9 Å². The summed E-state index contributed by atoms with van der Waals surface area (Å²) in [5, 5.41) is 6.53. The molecule has 0 aromatic carbocycles. The van der Waals surface area contributed by atoms with E-state index in [0.29, 0.717) is 6.20 Å². The molecule has 7 nitrogen and oxygen atoms in total. The van der Waals surface area contributed by atoms with Crippen LogP contribution in [0.15, 0.2) is 30.7 Å². The first-order valence-corrected chi connectivity index (χ1v) is 8.81. The molecule has 0 spiro atoms. The zero-order chi connectivity index (χ0) is 25.6. The van der Waals surface area contributed by atoms with E-state index < -0.39 is 54.2 Å². The van der Waals surface area contributed by atoms with Crippen LogP contribution in [0.4, 0.5) is 10.2 Å². The molecule has 8 heteroatoms. The summed E-state index contributed by atoms with van der Waals surface area (Å²) in [5.41, 5.74) is -1.00. The quantitative estimate of drug-likeness (QED) is 0.642. The number of aromatic nitrogens is 4. The molecule has 2 aliphatic rings. The molecule has 3 aromatic rings. The SMILES string of the molecule is [2H]C1([2H])CCN2c3ccn4ncc(c4n3)C(=O)N[C@H](C)C([2H])([2H])C([2H])([2H])c3ncc(F)cc3C21[2H]. The number of nitrogens with zero attached hydrogens (tertiary/aromatic N) is 5. The fourth-order valence-corrected chi connectivity index (χ4v) is 3.34. The second-order valence-electron chi connectivity index (χ2n) is 6.55. The molecule has 2 bridgehead atoms. The predicted molar refractivity (Wildman–Crippen MR) is 102 cm³/mol. The number of hydrogen-bond donors (Lipinski definition) is 1. The summed E-state index contributed by atoms with van der Waals surface area (Å²) in [4.78, 5) is 22.6. The Morgan fingerprint density at radius 3 is 3.18 bits per heavy atom. The van der Waals surface area contributed by atoms with E-state index in [9.17, 15) is 10.6 Å². The van der Waals surface area contributed by atoms with Gasteiger partial charge >= 0.3 is 0 Å². The van der Waals surface area contributed by atoms with E-state index in [1.165, 1.54) is 34.8 Å². The Morgan fingerprint density at radius 2 is 2.29 bits per heavy atom. The molecular formula is C20H21FN6O. The van der Waals surface area contributed by atoms with E-state index in [0.717, 1.165) is 6.07 Å². The minimum absolute atomic E-state index is 0.00576. The molecule has 0 radical (unpaired) electrons. The Labute approximate surface area is 171 Å². The van der Waals surface area contributed by atoms with E-state index in [-0.39, 0.29) is 30.0 Å². The molecule has 0 saturated carbocycles. The normalized spacial score (nSPS) is 33.9. The van der Waals surface area contributed by atoms with Gasteiger partial charge in [-0.15, -0.1) is 0 Å². The standard InChI is InChI=1S/C20H21FN6O/c1-12-4-5-16-14(9-13(21)10-22-16)17-3-2-7-26(17)18-6-8-27-19(25-18)15(11-23-27)20(28)24-12/h6,8-12,17H,2-5,7H2,1H3,(H,24,28)/t12-,17?/m1/s1/i3D2,4D2,5D2,17D. The fraction of sp³-hybridized carbons (Fsp3) is 0.400. The van der Waals surface area contributed by atoms with Crippen LogP contribution in [0.25, 0.3) is 5.65 Å². The van der Waals surface area contributed by atoms with Gasteiger partial charge in [-0.2, -0.15) is 5.10 Å². The number of carbonyl (C=O) groups excluding carboxylic acids is 1. The van der Waals surface area contributed by atoms with Gasteiger partial charge in [0.15, 0.2) is 5.65 Å². The van der Waals surface area contributed by atoms with Crippen LogP contribution in [-0.4, -0.2) is 38.1 Å². The monoisotopic (exact) mass is 387 g/mol. The number of nitrogens with one attached hydrogen (secondary N) is 1. The van der Waals surface area contributed by atoms with Gasteiger partial charge in [-0.1, -0.05) is 0 Å². The van der Waals surface area contributed by atoms with Crippen molar-refractivity contribution in [2.24, 2.45) is 0 Å². The first-order chi connectivity index (χ1) is 16.2. The summed E-state index contributed by atoms with van der Waals surface area (Å²) in [6, 6.07) is -1.54. The molecule has 3 aromatic heterocycles. The van der Waals surface area contributed by atoms with Crippen LogP contribution in [0.3, 0.4) is 0 Å². The van der Waals surface area contributed by atoms with E-state index in [1.54, 1.807) is 0 Å². The van der Waals surface area contributed by atoms with Gasteiger partial charge in [0.25, 0.3) is 5.91 Å². The number of carbonyl (C=O) groups is 1. The zero-order valence-electron chi connectivity index (χ0n) is 21.9. The van der Waals surface area contributed by atoms with Crippen LogP contribution in [0.5, 0.6) is 0 Å². The molecule has 1 amide bonds. The minimum atomic E-state index is -2.96. The van der Waals surface area contributed by atoms with Crippen LogP contribution in [0.1, 0.15) is 63.3 Å². The number of amides is 1. The van der Waals surface area contributed by atoms with Crippen molar-refractivity contribution in [2.45, 2.75) is 44.5 Å². The molecule has 1 unspecified atom stereocenters. The predicted octanol–water partition coefficient (Wildman–Crippen LogP) is 2.67. The van der Waals surface area contributed by atoms with Crippen molar-refractivity contribution < 1.29 is 18.8 Å². The van der Waals surface area contributed by atoms with Gasteiger partial charge in [-0.3, -0.25) is 9.78 Å². The molecule has 5 rings (SSSR count). The minimum Gasteiger partial charge on any atom is -0.349 e. The van der Waals surface area contributed by atoms with Crippen molar-refractivity contribution in [3.05, 3.63) is 53.4 Å². The van der Waals surface area contributed by atoms with E-state index >= 15 is 0 Å². The second-order valence-corrected chi connectivity index (χ2v) is 6.55. The van der Waals surface area contributed by atoms with Gasteiger partial charge in [0.2, 0.25) is 0 Å². The van der Waals surface area contributed by atoms with Crippen LogP contribution in [0.2, 0.25) is 0 Å². The van der Waals surface area contributed by atoms with Crippen molar-refractivity contribution in [3.63, 3.8) is 0 Å². The van der Waals surface area contributed by atoms with Gasteiger partial charge in [0.05, 0.1) is 19.8 Å². The largest absolute Gasteiger partial charge is 0.349 e. The van der Waals surface area contributed by atoms with Crippen LogP contribution in [-0.2, 0) is 6.37 Å². The first kappa shape index (κ1) is 11.1. The highest BCUT2D eigenvalue weighted by atomic mass is 19.1. The van der Waals surface area contributed by atoms with Crippen molar-refractivity contribution in [2.75, 3.05) is 11.4 Å². The molecule has 2 atom stereocenters. The Morgan fingerprint density at radius 1 is 1.39 bits per heavy atom. The number of aryl methyl sites for hydroxylation is 1. The smallest absolute Gasteiger partial charge is 0.256 e. The molecular weight excluding hydrogens is 359 g/mol. The third-order valence-electron chi connectivity index (χ3n) is 4.64. The van der Waals surface area contributed by atoms with Crippen molar-refractivity contribution >= 4 is 17.4 Å². The lowest BCUT2D eigenvalue weighted by Gasteiger charge is -2.27. The fourth-order valence-electron chi connectivity index (χ4n) is 3.34. The molecule has 1 N–H and O–H groups in total. The van der Waals surface area contributed by atoms with Crippen LogP contribution in [0, 0.1) is 5.82 Å². The molecule has 144 valence electrons. The maximum atomic E-state index is 14.5. The lowest BCUT2D eigenvalue weighted by Crippen LogP contribution is -2.33. The highest BCUT2D eigenvalue weighted by Gasteiger charge is 2.31. The Hall–Kier alpha value is -3.03. The average Bonchev–Trinajstić information content (AvgIpc) is 3.31. The summed E-state index contributed by atoms with van der Waals surface area (Å²) in [6.07, 6.45) is -4.84. The molecule has 1 fully saturated rings. The van der Waals surface area contributed by atoms with Crippen molar-refractivity contribution in [3.8, 4) is 0 Å². The second kappa shape index (κ2) is 6.54. The number of halogens is 1. The number of anilines is 1. The van der Waals surface area contributed by atoms with Gasteiger partial charge in [-0.05, 0) is 50.2 Å². The number of pyridine rings is 1. The number of fused-ring (bicyclic) bond motifs is 5. The molecule has 28 heavy (non-hydrogen) atoms. The lowest BCUT2D eigenvalue weighted by molar-refractivity contribution is 0.0940. The first-order valence-electron chi connectivity index (χ1n) is 12.3. The summed E-state index contributed by atoms with van der Waals surface area (Å²) in [7, 11) is 0. The maximum absolute atomic E-state index is 14.5. The topological polar surface area (TPSA) is 75.4 Å². The zero-order valence-corrected chi connectivity index (χ0v) is 14.9. The summed E-state index contributed by atoms with van der Waals surface area (Å²) in [6.45, 7) is 1.25. The summed E-state index contributed by atoms with van der Waals surface area (Å²) >= 11 is 0. The van der Waals surface area contributed by atoms with Crippen molar-refractivity contribution in [1.29, 1.82) is 0 Å². The van der Waals surface area contributed by atoms with Gasteiger partial charge in [0, 0.05) is 32.7 Å². The molecule has 2 aliphatic heterocycles.